The molecule has 0 aliphatic heterocycles. The largest absolute Gasteiger partial charge is 0.495 e. The Bertz CT molecular complexity index is 796. The van der Waals surface area contributed by atoms with Crippen molar-refractivity contribution in [1.29, 1.82) is 5.26 Å². The van der Waals surface area contributed by atoms with Gasteiger partial charge in [0.15, 0.2) is 5.69 Å². The van der Waals surface area contributed by atoms with Gasteiger partial charge in [-0.05, 0) is 49.9 Å². The van der Waals surface area contributed by atoms with Crippen LogP contribution in [0.15, 0.2) is 36.5 Å². The Morgan fingerprint density at radius 2 is 2.08 bits per heavy atom. The Kier molecular flexibility index (Phi) is 5.64. The lowest BCUT2D eigenvalue weighted by Crippen LogP contribution is -2.40. The number of aromatic nitrogens is 2. The monoisotopic (exact) mass is 352 g/mol. The molecule has 7 heteroatoms. The minimum Gasteiger partial charge on any atom is -0.495 e. The molecule has 1 heterocycles. The number of rotatable bonds is 5. The zero-order chi connectivity index (χ0) is 18.4. The number of benzene rings is 1. The molecule has 0 radical (unpaired) electrons. The Balaban J connectivity index is 1.51. The Labute approximate surface area is 152 Å². The van der Waals surface area contributed by atoms with Crippen LogP contribution in [0.4, 0.5) is 0 Å². The molecule has 1 aliphatic carbocycles. The number of hydrogen-bond donors (Lipinski definition) is 1. The fourth-order valence-electron chi connectivity index (χ4n) is 3.04. The molecule has 0 atom stereocenters. The first kappa shape index (κ1) is 17.7. The number of ether oxygens (including phenoxy) is 2. The molecule has 0 unspecified atom stereocenters. The van der Waals surface area contributed by atoms with Crippen molar-refractivity contribution in [1.82, 2.24) is 15.5 Å². The fourth-order valence-corrected chi connectivity index (χ4v) is 3.04. The molecular formula is C19H20N4O3. The van der Waals surface area contributed by atoms with Crippen LogP contribution in [0.25, 0.3) is 0 Å². The van der Waals surface area contributed by atoms with E-state index in [0.29, 0.717) is 22.8 Å². The van der Waals surface area contributed by atoms with Gasteiger partial charge in [-0.1, -0.05) is 0 Å². The van der Waals surface area contributed by atoms with Gasteiger partial charge in [0, 0.05) is 18.3 Å². The van der Waals surface area contributed by atoms with Crippen LogP contribution in [0.5, 0.6) is 11.5 Å². The van der Waals surface area contributed by atoms with Crippen LogP contribution in [-0.2, 0) is 0 Å². The van der Waals surface area contributed by atoms with Crippen LogP contribution in [0.3, 0.4) is 0 Å². The summed E-state index contributed by atoms with van der Waals surface area (Å²) in [6.07, 6.45) is 4.98. The summed E-state index contributed by atoms with van der Waals surface area (Å²) in [5, 5.41) is 19.6. The highest BCUT2D eigenvalue weighted by molar-refractivity contribution is 5.92. The van der Waals surface area contributed by atoms with E-state index in [1.165, 1.54) is 13.3 Å². The average Bonchev–Trinajstić information content (AvgIpc) is 2.70. The zero-order valence-corrected chi connectivity index (χ0v) is 14.5. The molecule has 1 N–H and O–H groups in total. The van der Waals surface area contributed by atoms with E-state index in [2.05, 4.69) is 21.6 Å². The number of nitriles is 1. The molecule has 0 saturated heterocycles. The second-order valence-electron chi connectivity index (χ2n) is 6.15. The quantitative estimate of drug-likeness (QED) is 0.888. The summed E-state index contributed by atoms with van der Waals surface area (Å²) in [5.41, 5.74) is 0.811. The fraction of sp³-hybridized carbons (Fsp3) is 0.368. The zero-order valence-electron chi connectivity index (χ0n) is 14.5. The van der Waals surface area contributed by atoms with Gasteiger partial charge in [0.05, 0.1) is 18.8 Å². The maximum Gasteiger partial charge on any atom is 0.272 e. The molecule has 3 rings (SSSR count). The SMILES string of the molecule is COc1cc(O[C@H]2CC[C@H](NC(=O)c3cccnn3)CC2)ccc1C#N. The lowest BCUT2D eigenvalue weighted by atomic mass is 9.92. The van der Waals surface area contributed by atoms with Crippen molar-refractivity contribution in [3.63, 3.8) is 0 Å². The number of nitrogens with zero attached hydrogens (tertiary/aromatic N) is 3. The number of carbonyl (C=O) groups excluding carboxylic acids is 1. The minimum absolute atomic E-state index is 0.0808. The highest BCUT2D eigenvalue weighted by atomic mass is 16.5. The molecule has 1 aliphatic rings. The van der Waals surface area contributed by atoms with E-state index >= 15 is 0 Å². The number of nitrogens with one attached hydrogen (secondary N) is 1. The van der Waals surface area contributed by atoms with Gasteiger partial charge in [0.1, 0.15) is 17.6 Å². The molecule has 0 spiro atoms. The number of methoxy groups -OCH3 is 1. The maximum atomic E-state index is 12.1. The number of carbonyl (C=O) groups is 1. The number of amides is 1. The van der Waals surface area contributed by atoms with Crippen molar-refractivity contribution in [2.45, 2.75) is 37.8 Å². The molecule has 1 amide bonds. The van der Waals surface area contributed by atoms with E-state index < -0.39 is 0 Å². The van der Waals surface area contributed by atoms with Crippen LogP contribution >= 0.6 is 0 Å². The summed E-state index contributed by atoms with van der Waals surface area (Å²) in [7, 11) is 1.53. The molecule has 1 aromatic carbocycles. The standard InChI is InChI=1S/C19H20N4O3/c1-25-18-11-16(7-4-13(18)12-20)26-15-8-5-14(6-9-15)22-19(24)17-3-2-10-21-23-17/h2-4,7,10-11,14-15H,5-6,8-9H2,1H3,(H,22,24)/t14-,15-. The minimum atomic E-state index is -0.195. The molecule has 134 valence electrons. The Morgan fingerprint density at radius 1 is 1.27 bits per heavy atom. The summed E-state index contributed by atoms with van der Waals surface area (Å²) in [6, 6.07) is 10.7. The van der Waals surface area contributed by atoms with Gasteiger partial charge in [0.2, 0.25) is 0 Å². The van der Waals surface area contributed by atoms with E-state index in [0.717, 1.165) is 25.7 Å². The Morgan fingerprint density at radius 3 is 2.73 bits per heavy atom. The van der Waals surface area contributed by atoms with Gasteiger partial charge in [-0.2, -0.15) is 10.4 Å². The molecule has 2 aromatic rings. The van der Waals surface area contributed by atoms with Crippen molar-refractivity contribution in [2.24, 2.45) is 0 Å². The first-order chi connectivity index (χ1) is 12.7. The highest BCUT2D eigenvalue weighted by Gasteiger charge is 2.24. The van der Waals surface area contributed by atoms with Crippen LogP contribution in [0, 0.1) is 11.3 Å². The van der Waals surface area contributed by atoms with E-state index in [-0.39, 0.29) is 18.1 Å². The molecule has 1 aromatic heterocycles. The van der Waals surface area contributed by atoms with Crippen LogP contribution in [-0.4, -0.2) is 35.4 Å². The third kappa shape index (κ3) is 4.28. The smallest absolute Gasteiger partial charge is 0.272 e. The molecule has 0 bridgehead atoms. The summed E-state index contributed by atoms with van der Waals surface area (Å²) < 4.78 is 11.2. The van der Waals surface area contributed by atoms with E-state index in [4.69, 9.17) is 14.7 Å². The second-order valence-corrected chi connectivity index (χ2v) is 6.15. The summed E-state index contributed by atoms with van der Waals surface area (Å²) in [5.74, 6) is 1.00. The van der Waals surface area contributed by atoms with Gasteiger partial charge in [-0.3, -0.25) is 4.79 Å². The maximum absolute atomic E-state index is 12.1. The van der Waals surface area contributed by atoms with E-state index in [9.17, 15) is 4.79 Å². The second kappa shape index (κ2) is 8.30. The first-order valence-corrected chi connectivity index (χ1v) is 8.53. The van der Waals surface area contributed by atoms with Crippen molar-refractivity contribution in [3.05, 3.63) is 47.8 Å². The number of hydrogen-bond acceptors (Lipinski definition) is 6. The van der Waals surface area contributed by atoms with E-state index in [1.54, 1.807) is 30.3 Å². The van der Waals surface area contributed by atoms with Crippen molar-refractivity contribution in [3.8, 4) is 17.6 Å². The summed E-state index contributed by atoms with van der Waals surface area (Å²) in [4.78, 5) is 12.1. The molecule has 7 nitrogen and oxygen atoms in total. The van der Waals surface area contributed by atoms with Gasteiger partial charge >= 0.3 is 0 Å². The molecule has 1 fully saturated rings. The normalized spacial score (nSPS) is 19.2. The van der Waals surface area contributed by atoms with Gasteiger partial charge in [-0.25, -0.2) is 0 Å². The third-order valence-electron chi connectivity index (χ3n) is 4.41. The third-order valence-corrected chi connectivity index (χ3v) is 4.41. The van der Waals surface area contributed by atoms with Crippen LogP contribution in [0.2, 0.25) is 0 Å². The average molecular weight is 352 g/mol. The first-order valence-electron chi connectivity index (χ1n) is 8.53. The van der Waals surface area contributed by atoms with Crippen molar-refractivity contribution >= 4 is 5.91 Å². The predicted octanol–water partition coefficient (Wildman–Crippen LogP) is 2.48. The van der Waals surface area contributed by atoms with Gasteiger partial charge < -0.3 is 14.8 Å². The topological polar surface area (TPSA) is 97.1 Å². The summed E-state index contributed by atoms with van der Waals surface area (Å²) >= 11 is 0. The highest BCUT2D eigenvalue weighted by Crippen LogP contribution is 2.28. The van der Waals surface area contributed by atoms with Crippen molar-refractivity contribution < 1.29 is 14.3 Å². The molecular weight excluding hydrogens is 332 g/mol. The lowest BCUT2D eigenvalue weighted by molar-refractivity contribution is 0.0888. The lowest BCUT2D eigenvalue weighted by Gasteiger charge is -2.29. The predicted molar refractivity (Wildman–Crippen MR) is 93.9 cm³/mol. The van der Waals surface area contributed by atoms with Crippen LogP contribution in [0.1, 0.15) is 41.7 Å². The van der Waals surface area contributed by atoms with Gasteiger partial charge in [-0.15, -0.1) is 5.10 Å². The van der Waals surface area contributed by atoms with E-state index in [1.807, 2.05) is 0 Å². The van der Waals surface area contributed by atoms with Crippen LogP contribution < -0.4 is 14.8 Å². The van der Waals surface area contributed by atoms with Gasteiger partial charge in [0.25, 0.3) is 5.91 Å². The Hall–Kier alpha value is -3.14. The molecule has 26 heavy (non-hydrogen) atoms. The van der Waals surface area contributed by atoms with Crippen molar-refractivity contribution in [2.75, 3.05) is 7.11 Å². The molecule has 1 saturated carbocycles. The summed E-state index contributed by atoms with van der Waals surface area (Å²) in [6.45, 7) is 0.